The predicted octanol–water partition coefficient (Wildman–Crippen LogP) is 3.93. The molecule has 6 heteroatoms. The summed E-state index contributed by atoms with van der Waals surface area (Å²) >= 11 is 1.40. The van der Waals surface area contributed by atoms with E-state index in [9.17, 15) is 9.59 Å². The van der Waals surface area contributed by atoms with Crippen molar-refractivity contribution in [2.75, 3.05) is 11.9 Å². The van der Waals surface area contributed by atoms with Crippen LogP contribution in [0.3, 0.4) is 0 Å². The molecule has 1 amide bonds. The lowest BCUT2D eigenvalue weighted by atomic mass is 10.1. The summed E-state index contributed by atoms with van der Waals surface area (Å²) in [6, 6.07) is 11.0. The quantitative estimate of drug-likeness (QED) is 0.762. The minimum Gasteiger partial charge on any atom is -0.462 e. The molecule has 0 radical (unpaired) electrons. The summed E-state index contributed by atoms with van der Waals surface area (Å²) in [6.45, 7) is 4.04. The first-order valence-electron chi connectivity index (χ1n) is 8.16. The third-order valence-corrected chi connectivity index (χ3v) is 4.80. The molecule has 1 aromatic carbocycles. The van der Waals surface area contributed by atoms with Gasteiger partial charge in [-0.3, -0.25) is 4.79 Å². The Morgan fingerprint density at radius 3 is 2.56 bits per heavy atom. The smallest absolute Gasteiger partial charge is 0.341 e. The molecule has 1 aromatic heterocycles. The standard InChI is InChI=1S/C19H20N2O3S/c1-3-15-11-16(19(23)24-4-2)18(25-15)21-17(22)10-9-13-5-7-14(12-20)8-6-13/h5-8,11H,3-4,9-10H2,1-2H3,(H,21,22). The van der Waals surface area contributed by atoms with Crippen molar-refractivity contribution in [3.63, 3.8) is 0 Å². The van der Waals surface area contributed by atoms with Gasteiger partial charge in [-0.2, -0.15) is 5.26 Å². The molecule has 1 heterocycles. The van der Waals surface area contributed by atoms with Crippen LogP contribution in [0, 0.1) is 11.3 Å². The van der Waals surface area contributed by atoms with Crippen molar-refractivity contribution in [3.05, 3.63) is 51.9 Å². The van der Waals surface area contributed by atoms with E-state index in [1.807, 2.05) is 19.1 Å². The molecule has 0 fully saturated rings. The van der Waals surface area contributed by atoms with Crippen LogP contribution < -0.4 is 5.32 Å². The van der Waals surface area contributed by atoms with Crippen LogP contribution in [0.2, 0.25) is 0 Å². The lowest BCUT2D eigenvalue weighted by Crippen LogP contribution is -2.14. The maximum atomic E-state index is 12.2. The summed E-state index contributed by atoms with van der Waals surface area (Å²) in [5, 5.41) is 12.2. The van der Waals surface area contributed by atoms with E-state index in [0.717, 1.165) is 16.9 Å². The molecule has 0 aliphatic rings. The SMILES string of the molecule is CCOC(=O)c1cc(CC)sc1NC(=O)CCc1ccc(C#N)cc1. The van der Waals surface area contributed by atoms with Crippen molar-refractivity contribution < 1.29 is 14.3 Å². The number of hydrogen-bond acceptors (Lipinski definition) is 5. The van der Waals surface area contributed by atoms with Crippen molar-refractivity contribution in [2.24, 2.45) is 0 Å². The van der Waals surface area contributed by atoms with Crippen LogP contribution in [-0.4, -0.2) is 18.5 Å². The topological polar surface area (TPSA) is 79.2 Å². The highest BCUT2D eigenvalue weighted by Gasteiger charge is 2.18. The Labute approximate surface area is 151 Å². The Hall–Kier alpha value is -2.65. The van der Waals surface area contributed by atoms with E-state index in [1.54, 1.807) is 25.1 Å². The molecule has 0 saturated heterocycles. The van der Waals surface area contributed by atoms with Gasteiger partial charge < -0.3 is 10.1 Å². The average Bonchev–Trinajstić information content (AvgIpc) is 3.03. The first kappa shape index (κ1) is 18.7. The van der Waals surface area contributed by atoms with Crippen LogP contribution in [0.15, 0.2) is 30.3 Å². The molecule has 0 atom stereocenters. The minimum atomic E-state index is -0.416. The van der Waals surface area contributed by atoms with E-state index >= 15 is 0 Å². The van der Waals surface area contributed by atoms with Crippen molar-refractivity contribution in [2.45, 2.75) is 33.1 Å². The van der Waals surface area contributed by atoms with Gasteiger partial charge in [0.05, 0.1) is 23.8 Å². The monoisotopic (exact) mass is 356 g/mol. The van der Waals surface area contributed by atoms with E-state index in [1.165, 1.54) is 11.3 Å². The Balaban J connectivity index is 2.00. The number of carbonyl (C=O) groups is 2. The van der Waals surface area contributed by atoms with Crippen LogP contribution in [-0.2, 0) is 22.4 Å². The van der Waals surface area contributed by atoms with Crippen LogP contribution in [0.5, 0.6) is 0 Å². The first-order chi connectivity index (χ1) is 12.1. The molecule has 130 valence electrons. The fraction of sp³-hybridized carbons (Fsp3) is 0.316. The van der Waals surface area contributed by atoms with Gasteiger partial charge in [-0.15, -0.1) is 11.3 Å². The molecule has 0 aliphatic heterocycles. The van der Waals surface area contributed by atoms with E-state index in [4.69, 9.17) is 10.00 Å². The Kier molecular flexibility index (Phi) is 6.72. The van der Waals surface area contributed by atoms with Crippen molar-refractivity contribution in [1.82, 2.24) is 0 Å². The normalized spacial score (nSPS) is 10.1. The summed E-state index contributed by atoms with van der Waals surface area (Å²) in [6.07, 6.45) is 1.66. The van der Waals surface area contributed by atoms with Gasteiger partial charge in [-0.1, -0.05) is 19.1 Å². The Morgan fingerprint density at radius 1 is 1.24 bits per heavy atom. The second-order valence-electron chi connectivity index (χ2n) is 5.39. The van der Waals surface area contributed by atoms with Gasteiger partial charge in [0.2, 0.25) is 5.91 Å². The van der Waals surface area contributed by atoms with E-state index < -0.39 is 5.97 Å². The zero-order valence-corrected chi connectivity index (χ0v) is 15.1. The van der Waals surface area contributed by atoms with Gasteiger partial charge in [0.25, 0.3) is 0 Å². The number of rotatable bonds is 7. The fourth-order valence-electron chi connectivity index (χ4n) is 2.26. The molecule has 0 saturated carbocycles. The fourth-order valence-corrected chi connectivity index (χ4v) is 3.26. The van der Waals surface area contributed by atoms with Crippen LogP contribution in [0.4, 0.5) is 5.00 Å². The van der Waals surface area contributed by atoms with Crippen LogP contribution in [0.25, 0.3) is 0 Å². The first-order valence-corrected chi connectivity index (χ1v) is 8.97. The molecular weight excluding hydrogens is 336 g/mol. The van der Waals surface area contributed by atoms with Gasteiger partial charge in [0.15, 0.2) is 0 Å². The number of benzene rings is 1. The molecule has 0 unspecified atom stereocenters. The zero-order valence-electron chi connectivity index (χ0n) is 14.3. The minimum absolute atomic E-state index is 0.153. The van der Waals surface area contributed by atoms with E-state index in [-0.39, 0.29) is 5.91 Å². The second-order valence-corrected chi connectivity index (χ2v) is 6.52. The number of esters is 1. The summed E-state index contributed by atoms with van der Waals surface area (Å²) in [5.74, 6) is -0.569. The van der Waals surface area contributed by atoms with E-state index in [2.05, 4.69) is 11.4 Å². The number of hydrogen-bond donors (Lipinski definition) is 1. The van der Waals surface area contributed by atoms with Crippen molar-refractivity contribution >= 4 is 28.2 Å². The van der Waals surface area contributed by atoms with Gasteiger partial charge in [-0.05, 0) is 43.5 Å². The summed E-state index contributed by atoms with van der Waals surface area (Å²) < 4.78 is 5.05. The third-order valence-electron chi connectivity index (χ3n) is 3.60. The highest BCUT2D eigenvalue weighted by molar-refractivity contribution is 7.16. The van der Waals surface area contributed by atoms with Gasteiger partial charge in [0.1, 0.15) is 5.00 Å². The molecule has 0 aliphatic carbocycles. The molecular formula is C19H20N2O3S. The zero-order chi connectivity index (χ0) is 18.2. The number of anilines is 1. The number of thiophene rings is 1. The van der Waals surface area contributed by atoms with Crippen LogP contribution >= 0.6 is 11.3 Å². The molecule has 1 N–H and O–H groups in total. The average molecular weight is 356 g/mol. The lowest BCUT2D eigenvalue weighted by Gasteiger charge is -2.06. The molecule has 0 spiro atoms. The number of carbonyl (C=O) groups excluding carboxylic acids is 2. The lowest BCUT2D eigenvalue weighted by molar-refractivity contribution is -0.116. The van der Waals surface area contributed by atoms with Crippen molar-refractivity contribution in [3.8, 4) is 6.07 Å². The summed E-state index contributed by atoms with van der Waals surface area (Å²) in [7, 11) is 0. The number of amides is 1. The maximum absolute atomic E-state index is 12.2. The summed E-state index contributed by atoms with van der Waals surface area (Å²) in [4.78, 5) is 25.3. The number of aryl methyl sites for hydroxylation is 2. The third kappa shape index (κ3) is 5.16. The van der Waals surface area contributed by atoms with E-state index in [0.29, 0.717) is 35.6 Å². The Bertz CT molecular complexity index is 788. The number of nitriles is 1. The predicted molar refractivity (Wildman–Crippen MR) is 97.8 cm³/mol. The van der Waals surface area contributed by atoms with Gasteiger partial charge in [-0.25, -0.2) is 4.79 Å². The molecule has 2 aromatic rings. The van der Waals surface area contributed by atoms with Gasteiger partial charge >= 0.3 is 5.97 Å². The largest absolute Gasteiger partial charge is 0.462 e. The van der Waals surface area contributed by atoms with Crippen molar-refractivity contribution in [1.29, 1.82) is 5.26 Å². The highest BCUT2D eigenvalue weighted by atomic mass is 32.1. The number of ether oxygens (including phenoxy) is 1. The van der Waals surface area contributed by atoms with Crippen LogP contribution in [0.1, 0.15) is 46.6 Å². The summed E-state index contributed by atoms with van der Waals surface area (Å²) in [5.41, 5.74) is 1.99. The number of nitrogens with one attached hydrogen (secondary N) is 1. The number of nitrogens with zero attached hydrogens (tertiary/aromatic N) is 1. The molecule has 25 heavy (non-hydrogen) atoms. The maximum Gasteiger partial charge on any atom is 0.341 e. The molecule has 5 nitrogen and oxygen atoms in total. The molecule has 2 rings (SSSR count). The Morgan fingerprint density at radius 2 is 1.96 bits per heavy atom. The van der Waals surface area contributed by atoms with Gasteiger partial charge in [0, 0.05) is 11.3 Å². The molecule has 0 bridgehead atoms. The highest BCUT2D eigenvalue weighted by Crippen LogP contribution is 2.29. The second kappa shape index (κ2) is 9.00.